The van der Waals surface area contributed by atoms with Crippen molar-refractivity contribution in [1.29, 1.82) is 0 Å². The predicted octanol–water partition coefficient (Wildman–Crippen LogP) is 4.00. The molecule has 1 aliphatic heterocycles. The quantitative estimate of drug-likeness (QED) is 0.590. The molecule has 136 valence electrons. The maximum Gasteiger partial charge on any atom is 0.317 e. The second-order valence-corrected chi connectivity index (χ2v) is 7.59. The number of aryl methyl sites for hydroxylation is 1. The minimum Gasteiger partial charge on any atom is -0.452 e. The van der Waals surface area contributed by atoms with Crippen LogP contribution in [-0.2, 0) is 20.7 Å². The lowest BCUT2D eigenvalue weighted by Crippen LogP contribution is -2.43. The van der Waals surface area contributed by atoms with Gasteiger partial charge in [-0.15, -0.1) is 11.8 Å². The summed E-state index contributed by atoms with van der Waals surface area (Å²) in [5.74, 6) is -0.356. The number of thioether (sulfide) groups is 1. The molecule has 1 amide bonds. The van der Waals surface area contributed by atoms with Crippen LogP contribution in [0, 0.1) is 6.92 Å². The molecular formula is C21H23NO3S. The van der Waals surface area contributed by atoms with E-state index in [1.54, 1.807) is 11.8 Å². The van der Waals surface area contributed by atoms with Gasteiger partial charge in [0.15, 0.2) is 6.10 Å². The van der Waals surface area contributed by atoms with Crippen LogP contribution in [0.5, 0.6) is 0 Å². The normalized spacial score (nSPS) is 16.9. The highest BCUT2D eigenvalue weighted by Crippen LogP contribution is 2.32. The van der Waals surface area contributed by atoms with Gasteiger partial charge in [0.25, 0.3) is 5.91 Å². The van der Waals surface area contributed by atoms with E-state index < -0.39 is 6.10 Å². The van der Waals surface area contributed by atoms with Crippen molar-refractivity contribution >= 4 is 29.3 Å². The molecule has 1 heterocycles. The SMILES string of the molecule is Cc1ccccc1SCC(=O)O[C@@H](C)C(=O)N1c2ccccc2C[C@@H]1C. The Labute approximate surface area is 158 Å². The smallest absolute Gasteiger partial charge is 0.317 e. The third-order valence-corrected chi connectivity index (χ3v) is 5.69. The molecule has 0 aliphatic carbocycles. The molecule has 1 aliphatic rings. The number of carbonyl (C=O) groups excluding carboxylic acids is 2. The average Bonchev–Trinajstić information content (AvgIpc) is 2.96. The van der Waals surface area contributed by atoms with E-state index in [0.717, 1.165) is 28.1 Å². The average molecular weight is 369 g/mol. The molecule has 0 spiro atoms. The predicted molar refractivity (Wildman–Crippen MR) is 105 cm³/mol. The van der Waals surface area contributed by atoms with E-state index in [9.17, 15) is 9.59 Å². The van der Waals surface area contributed by atoms with Crippen LogP contribution >= 0.6 is 11.8 Å². The number of amides is 1. The molecule has 0 aromatic heterocycles. The van der Waals surface area contributed by atoms with Crippen LogP contribution < -0.4 is 4.90 Å². The summed E-state index contributed by atoms with van der Waals surface area (Å²) in [6.07, 6.45) is 0.0275. The molecular weight excluding hydrogens is 346 g/mol. The van der Waals surface area contributed by atoms with E-state index in [1.165, 1.54) is 11.8 Å². The number of para-hydroxylation sites is 1. The molecule has 5 heteroatoms. The van der Waals surface area contributed by atoms with Crippen molar-refractivity contribution in [1.82, 2.24) is 0 Å². The highest BCUT2D eigenvalue weighted by Gasteiger charge is 2.34. The molecule has 2 aromatic carbocycles. The van der Waals surface area contributed by atoms with Crippen molar-refractivity contribution in [2.24, 2.45) is 0 Å². The molecule has 2 aromatic rings. The summed E-state index contributed by atoms with van der Waals surface area (Å²) < 4.78 is 5.40. The number of hydrogen-bond acceptors (Lipinski definition) is 4. The van der Waals surface area contributed by atoms with Crippen molar-refractivity contribution in [2.45, 2.75) is 44.2 Å². The van der Waals surface area contributed by atoms with Crippen molar-refractivity contribution in [2.75, 3.05) is 10.7 Å². The van der Waals surface area contributed by atoms with Gasteiger partial charge in [0.05, 0.1) is 5.75 Å². The Hall–Kier alpha value is -2.27. The number of anilines is 1. The summed E-state index contributed by atoms with van der Waals surface area (Å²) in [4.78, 5) is 27.8. The topological polar surface area (TPSA) is 46.6 Å². The molecule has 2 atom stereocenters. The first-order chi connectivity index (χ1) is 12.5. The van der Waals surface area contributed by atoms with E-state index in [4.69, 9.17) is 4.74 Å². The van der Waals surface area contributed by atoms with Crippen LogP contribution in [0.3, 0.4) is 0 Å². The number of rotatable bonds is 5. The first-order valence-electron chi connectivity index (χ1n) is 8.76. The lowest BCUT2D eigenvalue weighted by atomic mass is 10.1. The van der Waals surface area contributed by atoms with Crippen LogP contribution in [0.2, 0.25) is 0 Å². The lowest BCUT2D eigenvalue weighted by Gasteiger charge is -2.25. The lowest BCUT2D eigenvalue weighted by molar-refractivity contribution is -0.151. The Balaban J connectivity index is 1.59. The van der Waals surface area contributed by atoms with Gasteiger partial charge in [-0.2, -0.15) is 0 Å². The molecule has 4 nitrogen and oxygen atoms in total. The Morgan fingerprint density at radius 3 is 2.65 bits per heavy atom. The Kier molecular flexibility index (Phi) is 5.67. The van der Waals surface area contributed by atoms with Gasteiger partial charge in [-0.25, -0.2) is 0 Å². The number of esters is 1. The zero-order chi connectivity index (χ0) is 18.7. The first-order valence-corrected chi connectivity index (χ1v) is 9.75. The summed E-state index contributed by atoms with van der Waals surface area (Å²) in [6, 6.07) is 15.8. The Morgan fingerprint density at radius 2 is 1.88 bits per heavy atom. The van der Waals surface area contributed by atoms with Crippen LogP contribution in [0.25, 0.3) is 0 Å². The van der Waals surface area contributed by atoms with E-state index in [1.807, 2.05) is 62.4 Å². The minimum absolute atomic E-state index is 0.0717. The molecule has 0 saturated heterocycles. The van der Waals surface area contributed by atoms with Gasteiger partial charge in [-0.1, -0.05) is 36.4 Å². The van der Waals surface area contributed by atoms with E-state index in [-0.39, 0.29) is 23.7 Å². The fourth-order valence-electron chi connectivity index (χ4n) is 3.23. The highest BCUT2D eigenvalue weighted by atomic mass is 32.2. The number of hydrogen-bond donors (Lipinski definition) is 0. The third-order valence-electron chi connectivity index (χ3n) is 4.54. The summed E-state index contributed by atoms with van der Waals surface area (Å²) in [5, 5.41) is 0. The fourth-order valence-corrected chi connectivity index (χ4v) is 4.05. The molecule has 3 rings (SSSR count). The third kappa shape index (κ3) is 3.93. The largest absolute Gasteiger partial charge is 0.452 e. The van der Waals surface area contributed by atoms with Gasteiger partial charge in [-0.05, 0) is 50.5 Å². The molecule has 0 radical (unpaired) electrons. The van der Waals surface area contributed by atoms with Gasteiger partial charge in [0, 0.05) is 16.6 Å². The van der Waals surface area contributed by atoms with Crippen molar-refractivity contribution in [3.63, 3.8) is 0 Å². The summed E-state index contributed by atoms with van der Waals surface area (Å²) in [5.41, 5.74) is 3.20. The summed E-state index contributed by atoms with van der Waals surface area (Å²) in [7, 11) is 0. The van der Waals surface area contributed by atoms with E-state index in [2.05, 4.69) is 0 Å². The second-order valence-electron chi connectivity index (χ2n) is 6.58. The molecule has 0 N–H and O–H groups in total. The monoisotopic (exact) mass is 369 g/mol. The highest BCUT2D eigenvalue weighted by molar-refractivity contribution is 8.00. The van der Waals surface area contributed by atoms with Gasteiger partial charge in [0.1, 0.15) is 0 Å². The second kappa shape index (κ2) is 7.96. The molecule has 0 unspecified atom stereocenters. The number of carbonyl (C=O) groups is 2. The number of ether oxygens (including phenoxy) is 1. The summed E-state index contributed by atoms with van der Waals surface area (Å²) >= 11 is 1.43. The van der Waals surface area contributed by atoms with Crippen LogP contribution in [0.1, 0.15) is 25.0 Å². The molecule has 0 saturated carbocycles. The van der Waals surface area contributed by atoms with Gasteiger partial charge < -0.3 is 9.64 Å². The molecule has 26 heavy (non-hydrogen) atoms. The maximum absolute atomic E-state index is 12.8. The maximum atomic E-state index is 12.8. The molecule has 0 fully saturated rings. The van der Waals surface area contributed by atoms with Crippen molar-refractivity contribution in [3.8, 4) is 0 Å². The fraction of sp³-hybridized carbons (Fsp3) is 0.333. The van der Waals surface area contributed by atoms with E-state index >= 15 is 0 Å². The number of benzene rings is 2. The van der Waals surface area contributed by atoms with Crippen LogP contribution in [0.15, 0.2) is 53.4 Å². The van der Waals surface area contributed by atoms with Crippen molar-refractivity contribution < 1.29 is 14.3 Å². The Morgan fingerprint density at radius 1 is 1.19 bits per heavy atom. The standard InChI is InChI=1S/C21H23NO3S/c1-14-8-4-7-11-19(14)26-13-20(23)25-16(3)21(24)22-15(2)12-17-9-5-6-10-18(17)22/h4-11,15-16H,12-13H2,1-3H3/t15-,16-/m0/s1. The zero-order valence-electron chi connectivity index (χ0n) is 15.3. The van der Waals surface area contributed by atoms with Crippen molar-refractivity contribution in [3.05, 3.63) is 59.7 Å². The Bertz CT molecular complexity index is 820. The first kappa shape index (κ1) is 18.5. The minimum atomic E-state index is -0.798. The van der Waals surface area contributed by atoms with Gasteiger partial charge in [0.2, 0.25) is 0 Å². The van der Waals surface area contributed by atoms with E-state index in [0.29, 0.717) is 0 Å². The number of nitrogens with zero attached hydrogens (tertiary/aromatic N) is 1. The van der Waals surface area contributed by atoms with Crippen LogP contribution in [0.4, 0.5) is 5.69 Å². The van der Waals surface area contributed by atoms with Gasteiger partial charge in [-0.3, -0.25) is 9.59 Å². The zero-order valence-corrected chi connectivity index (χ0v) is 16.1. The summed E-state index contributed by atoms with van der Waals surface area (Å²) in [6.45, 7) is 5.67. The van der Waals surface area contributed by atoms with Crippen LogP contribution in [-0.4, -0.2) is 29.8 Å². The number of fused-ring (bicyclic) bond motifs is 1. The molecule has 0 bridgehead atoms. The van der Waals surface area contributed by atoms with Gasteiger partial charge >= 0.3 is 5.97 Å².